The SMILES string of the molecule is Nc1cc(OC(F)(F)F)c(Br)cc1C(=O)O. The average molecular weight is 300 g/mol. The van der Waals surface area contributed by atoms with E-state index in [1.54, 1.807) is 0 Å². The Labute approximate surface area is 95.9 Å². The molecule has 0 aromatic heterocycles. The molecule has 0 unspecified atom stereocenters. The number of hydrogen-bond donors (Lipinski definition) is 2. The van der Waals surface area contributed by atoms with E-state index in [0.717, 1.165) is 12.1 Å². The molecule has 0 fully saturated rings. The third-order valence-electron chi connectivity index (χ3n) is 1.56. The molecule has 4 nitrogen and oxygen atoms in total. The molecule has 16 heavy (non-hydrogen) atoms. The number of carboxylic acid groups (broad SMARTS) is 1. The fourth-order valence-electron chi connectivity index (χ4n) is 0.957. The number of alkyl halides is 3. The van der Waals surface area contributed by atoms with Crippen LogP contribution in [0.2, 0.25) is 0 Å². The minimum atomic E-state index is -4.86. The molecule has 0 aliphatic rings. The largest absolute Gasteiger partial charge is 0.573 e. The summed E-state index contributed by atoms with van der Waals surface area (Å²) < 4.78 is 39.2. The number of nitrogens with two attached hydrogens (primary N) is 1. The van der Waals surface area contributed by atoms with Gasteiger partial charge in [0.25, 0.3) is 0 Å². The number of carboxylic acids is 1. The van der Waals surface area contributed by atoms with Crippen LogP contribution in [-0.4, -0.2) is 17.4 Å². The molecule has 88 valence electrons. The van der Waals surface area contributed by atoms with Gasteiger partial charge in [-0.1, -0.05) is 0 Å². The van der Waals surface area contributed by atoms with Crippen LogP contribution in [0.15, 0.2) is 16.6 Å². The molecule has 0 bridgehead atoms. The minimum absolute atomic E-state index is 0.142. The Morgan fingerprint density at radius 3 is 2.44 bits per heavy atom. The lowest BCUT2D eigenvalue weighted by atomic mass is 10.2. The molecule has 0 radical (unpaired) electrons. The van der Waals surface area contributed by atoms with Crippen LogP contribution in [0, 0.1) is 0 Å². The predicted octanol–water partition coefficient (Wildman–Crippen LogP) is 2.63. The quantitative estimate of drug-likeness (QED) is 0.824. The predicted molar refractivity (Wildman–Crippen MR) is 52.2 cm³/mol. The number of hydrogen-bond acceptors (Lipinski definition) is 3. The number of rotatable bonds is 2. The number of anilines is 1. The molecule has 0 aliphatic heterocycles. The van der Waals surface area contributed by atoms with Gasteiger partial charge in [0.1, 0.15) is 5.75 Å². The number of benzene rings is 1. The lowest BCUT2D eigenvalue weighted by Gasteiger charge is -2.12. The zero-order chi connectivity index (χ0) is 12.5. The van der Waals surface area contributed by atoms with Crippen molar-refractivity contribution in [2.75, 3.05) is 5.73 Å². The van der Waals surface area contributed by atoms with E-state index in [0.29, 0.717) is 0 Å². The van der Waals surface area contributed by atoms with Crippen molar-refractivity contribution in [3.63, 3.8) is 0 Å². The average Bonchev–Trinajstić information content (AvgIpc) is 2.07. The van der Waals surface area contributed by atoms with Crippen molar-refractivity contribution >= 4 is 27.6 Å². The highest BCUT2D eigenvalue weighted by atomic mass is 79.9. The Balaban J connectivity index is 3.16. The van der Waals surface area contributed by atoms with Crippen LogP contribution in [0.25, 0.3) is 0 Å². The topological polar surface area (TPSA) is 72.5 Å². The first-order valence-corrected chi connectivity index (χ1v) is 4.58. The summed E-state index contributed by atoms with van der Waals surface area (Å²) in [5, 5.41) is 8.65. The minimum Gasteiger partial charge on any atom is -0.478 e. The number of nitrogen functional groups attached to an aromatic ring is 1. The van der Waals surface area contributed by atoms with Crippen LogP contribution >= 0.6 is 15.9 Å². The van der Waals surface area contributed by atoms with Gasteiger partial charge in [-0.25, -0.2) is 4.79 Å². The van der Waals surface area contributed by atoms with E-state index in [-0.39, 0.29) is 15.7 Å². The van der Waals surface area contributed by atoms with Crippen LogP contribution in [0.4, 0.5) is 18.9 Å². The molecule has 0 heterocycles. The van der Waals surface area contributed by atoms with Crippen LogP contribution in [0.5, 0.6) is 5.75 Å². The van der Waals surface area contributed by atoms with Crippen LogP contribution in [-0.2, 0) is 0 Å². The zero-order valence-corrected chi connectivity index (χ0v) is 9.09. The molecule has 0 saturated heterocycles. The van der Waals surface area contributed by atoms with Gasteiger partial charge in [0, 0.05) is 11.8 Å². The van der Waals surface area contributed by atoms with Crippen molar-refractivity contribution in [3.05, 3.63) is 22.2 Å². The van der Waals surface area contributed by atoms with E-state index < -0.39 is 18.1 Å². The summed E-state index contributed by atoms with van der Waals surface area (Å²) in [7, 11) is 0. The van der Waals surface area contributed by atoms with Gasteiger partial charge in [0.15, 0.2) is 0 Å². The summed E-state index contributed by atoms with van der Waals surface area (Å²) in [6, 6.07) is 1.74. The summed E-state index contributed by atoms with van der Waals surface area (Å²) in [6.07, 6.45) is -4.86. The first-order valence-electron chi connectivity index (χ1n) is 3.79. The second kappa shape index (κ2) is 4.20. The first kappa shape index (κ1) is 12.6. The van der Waals surface area contributed by atoms with Crippen molar-refractivity contribution in [1.82, 2.24) is 0 Å². The fraction of sp³-hybridized carbons (Fsp3) is 0.125. The van der Waals surface area contributed by atoms with Crippen molar-refractivity contribution in [2.45, 2.75) is 6.36 Å². The van der Waals surface area contributed by atoms with Crippen molar-refractivity contribution in [3.8, 4) is 5.75 Å². The van der Waals surface area contributed by atoms with Gasteiger partial charge in [-0.3, -0.25) is 0 Å². The van der Waals surface area contributed by atoms with Crippen molar-refractivity contribution in [1.29, 1.82) is 0 Å². The Bertz CT molecular complexity index is 433. The number of carbonyl (C=O) groups is 1. The zero-order valence-electron chi connectivity index (χ0n) is 7.51. The molecular formula is C8H5BrF3NO3. The summed E-state index contributed by atoms with van der Waals surface area (Å²) in [5.74, 6) is -1.92. The van der Waals surface area contributed by atoms with Gasteiger partial charge >= 0.3 is 12.3 Å². The summed E-state index contributed by atoms with van der Waals surface area (Å²) in [6.45, 7) is 0. The van der Waals surface area contributed by atoms with E-state index in [9.17, 15) is 18.0 Å². The summed E-state index contributed by atoms with van der Waals surface area (Å²) >= 11 is 2.76. The van der Waals surface area contributed by atoms with E-state index in [1.165, 1.54) is 0 Å². The number of ether oxygens (including phenoxy) is 1. The number of aromatic carboxylic acids is 1. The van der Waals surface area contributed by atoms with E-state index >= 15 is 0 Å². The highest BCUT2D eigenvalue weighted by Crippen LogP contribution is 2.33. The van der Waals surface area contributed by atoms with Gasteiger partial charge < -0.3 is 15.6 Å². The summed E-state index contributed by atoms with van der Waals surface area (Å²) in [4.78, 5) is 10.6. The molecule has 8 heteroatoms. The monoisotopic (exact) mass is 299 g/mol. The maximum absolute atomic E-state index is 11.9. The standard InChI is InChI=1S/C8H5BrF3NO3/c9-4-1-3(7(14)15)5(13)2-6(4)16-8(10,11)12/h1-2H,13H2,(H,14,15). The second-order valence-electron chi connectivity index (χ2n) is 2.72. The molecule has 1 aromatic rings. The van der Waals surface area contributed by atoms with Gasteiger partial charge in [-0.15, -0.1) is 13.2 Å². The van der Waals surface area contributed by atoms with Crippen molar-refractivity contribution < 1.29 is 27.8 Å². The van der Waals surface area contributed by atoms with Gasteiger partial charge in [0.05, 0.1) is 10.0 Å². The van der Waals surface area contributed by atoms with Gasteiger partial charge in [-0.2, -0.15) is 0 Å². The fourth-order valence-corrected chi connectivity index (χ4v) is 1.38. The molecule has 0 aliphatic carbocycles. The van der Waals surface area contributed by atoms with E-state index in [2.05, 4.69) is 20.7 Å². The number of halogens is 4. The molecule has 0 saturated carbocycles. The molecular weight excluding hydrogens is 295 g/mol. The lowest BCUT2D eigenvalue weighted by Crippen LogP contribution is -2.18. The van der Waals surface area contributed by atoms with E-state index in [1.807, 2.05) is 0 Å². The third-order valence-corrected chi connectivity index (χ3v) is 2.18. The Hall–Kier alpha value is -1.44. The third kappa shape index (κ3) is 3.02. The molecule has 0 spiro atoms. The lowest BCUT2D eigenvalue weighted by molar-refractivity contribution is -0.274. The van der Waals surface area contributed by atoms with Crippen LogP contribution < -0.4 is 10.5 Å². The molecule has 1 rings (SSSR count). The Kier molecular flexibility index (Phi) is 3.32. The first-order chi connectivity index (χ1) is 7.20. The maximum atomic E-state index is 11.9. The molecule has 3 N–H and O–H groups in total. The molecule has 0 atom stereocenters. The second-order valence-corrected chi connectivity index (χ2v) is 3.58. The highest BCUT2D eigenvalue weighted by Gasteiger charge is 2.32. The summed E-state index contributed by atoms with van der Waals surface area (Å²) in [5.41, 5.74) is 4.65. The molecule has 1 aromatic carbocycles. The van der Waals surface area contributed by atoms with Crippen LogP contribution in [0.1, 0.15) is 10.4 Å². The van der Waals surface area contributed by atoms with E-state index in [4.69, 9.17) is 10.8 Å². The van der Waals surface area contributed by atoms with Gasteiger partial charge in [0.2, 0.25) is 0 Å². The molecule has 0 amide bonds. The Morgan fingerprint density at radius 1 is 1.44 bits per heavy atom. The van der Waals surface area contributed by atoms with Crippen molar-refractivity contribution in [2.24, 2.45) is 0 Å². The van der Waals surface area contributed by atoms with Gasteiger partial charge in [-0.05, 0) is 22.0 Å². The normalized spacial score (nSPS) is 11.2. The highest BCUT2D eigenvalue weighted by molar-refractivity contribution is 9.10. The Morgan fingerprint density at radius 2 is 2.00 bits per heavy atom. The van der Waals surface area contributed by atoms with Crippen LogP contribution in [0.3, 0.4) is 0 Å². The smallest absolute Gasteiger partial charge is 0.478 e. The maximum Gasteiger partial charge on any atom is 0.573 e.